The molecule has 6 heteroatoms. The predicted octanol–water partition coefficient (Wildman–Crippen LogP) is 2.60. The average Bonchev–Trinajstić information content (AvgIpc) is 3.03. The number of hydrogen-bond acceptors (Lipinski definition) is 5. The van der Waals surface area contributed by atoms with Gasteiger partial charge in [-0.1, -0.05) is 12.1 Å². The van der Waals surface area contributed by atoms with E-state index in [9.17, 15) is 4.79 Å². The van der Waals surface area contributed by atoms with Crippen LogP contribution in [-0.2, 0) is 17.9 Å². The zero-order valence-electron chi connectivity index (χ0n) is 16.0. The molecule has 1 aliphatic heterocycles. The molecule has 1 atom stereocenters. The first-order chi connectivity index (χ1) is 13.1. The van der Waals surface area contributed by atoms with E-state index in [1.54, 1.807) is 19.1 Å². The normalized spacial score (nSPS) is 16.5. The van der Waals surface area contributed by atoms with E-state index in [1.807, 2.05) is 49.5 Å². The van der Waals surface area contributed by atoms with E-state index in [0.29, 0.717) is 13.2 Å². The lowest BCUT2D eigenvalue weighted by Gasteiger charge is -2.13. The minimum Gasteiger partial charge on any atom is -0.497 e. The molecule has 0 saturated carbocycles. The largest absolute Gasteiger partial charge is 0.497 e. The average molecular weight is 370 g/mol. The van der Waals surface area contributed by atoms with Crippen molar-refractivity contribution in [1.29, 1.82) is 0 Å². The molecule has 1 saturated heterocycles. The Morgan fingerprint density at radius 1 is 1.00 bits per heavy atom. The SMILES string of the molecule is COc1cc(COc2ccc(CNC3CCN(C)C3=O)cc2)cc(OC)c1. The van der Waals surface area contributed by atoms with Crippen LogP contribution < -0.4 is 19.5 Å². The minimum atomic E-state index is -0.0750. The first kappa shape index (κ1) is 19.0. The minimum absolute atomic E-state index is 0.0750. The van der Waals surface area contributed by atoms with Crippen LogP contribution in [0.2, 0.25) is 0 Å². The summed E-state index contributed by atoms with van der Waals surface area (Å²) in [5.41, 5.74) is 2.09. The van der Waals surface area contributed by atoms with E-state index >= 15 is 0 Å². The van der Waals surface area contributed by atoms with Crippen LogP contribution >= 0.6 is 0 Å². The van der Waals surface area contributed by atoms with E-state index in [-0.39, 0.29) is 11.9 Å². The molecule has 2 aromatic carbocycles. The van der Waals surface area contributed by atoms with Gasteiger partial charge in [-0.2, -0.15) is 0 Å². The number of methoxy groups -OCH3 is 2. The maximum atomic E-state index is 11.9. The van der Waals surface area contributed by atoms with Gasteiger partial charge in [0, 0.05) is 26.2 Å². The van der Waals surface area contributed by atoms with Gasteiger partial charge in [0.15, 0.2) is 0 Å². The van der Waals surface area contributed by atoms with Gasteiger partial charge in [0.05, 0.1) is 20.3 Å². The van der Waals surface area contributed by atoms with Crippen molar-refractivity contribution < 1.29 is 19.0 Å². The quantitative estimate of drug-likeness (QED) is 0.774. The molecular weight excluding hydrogens is 344 g/mol. The molecule has 144 valence electrons. The molecule has 1 heterocycles. The number of likely N-dealkylation sites (tertiary alicyclic amines) is 1. The number of benzene rings is 2. The van der Waals surface area contributed by atoms with Gasteiger partial charge in [-0.15, -0.1) is 0 Å². The van der Waals surface area contributed by atoms with Crippen LogP contribution in [0, 0.1) is 0 Å². The second kappa shape index (κ2) is 8.77. The topological polar surface area (TPSA) is 60.0 Å². The third-order valence-electron chi connectivity index (χ3n) is 4.72. The molecule has 3 rings (SSSR count). The Morgan fingerprint density at radius 3 is 2.22 bits per heavy atom. The van der Waals surface area contributed by atoms with Crippen molar-refractivity contribution in [3.63, 3.8) is 0 Å². The molecule has 27 heavy (non-hydrogen) atoms. The Balaban J connectivity index is 1.53. The molecular formula is C21H26N2O4. The van der Waals surface area contributed by atoms with Crippen molar-refractivity contribution in [3.8, 4) is 17.2 Å². The Kier molecular flexibility index (Phi) is 6.19. The number of nitrogens with one attached hydrogen (secondary N) is 1. The summed E-state index contributed by atoms with van der Waals surface area (Å²) >= 11 is 0. The standard InChI is InChI=1S/C21H26N2O4/c1-23-9-8-20(21(23)24)22-13-15-4-6-17(7-5-15)27-14-16-10-18(25-2)12-19(11-16)26-3/h4-7,10-12,20,22H,8-9,13-14H2,1-3H3. The van der Waals surface area contributed by atoms with Gasteiger partial charge in [0.25, 0.3) is 0 Å². The molecule has 0 radical (unpaired) electrons. The molecule has 6 nitrogen and oxygen atoms in total. The number of carbonyl (C=O) groups excluding carboxylic acids is 1. The van der Waals surface area contributed by atoms with E-state index in [0.717, 1.165) is 41.3 Å². The molecule has 0 spiro atoms. The van der Waals surface area contributed by atoms with E-state index < -0.39 is 0 Å². The van der Waals surface area contributed by atoms with Gasteiger partial charge in [-0.05, 0) is 41.8 Å². The summed E-state index contributed by atoms with van der Waals surface area (Å²) in [5, 5.41) is 3.32. The Hall–Kier alpha value is -2.73. The predicted molar refractivity (Wildman–Crippen MR) is 103 cm³/mol. The highest BCUT2D eigenvalue weighted by Gasteiger charge is 2.28. The van der Waals surface area contributed by atoms with Crippen LogP contribution in [0.1, 0.15) is 17.5 Å². The van der Waals surface area contributed by atoms with E-state index in [1.165, 1.54) is 0 Å². The van der Waals surface area contributed by atoms with E-state index in [4.69, 9.17) is 14.2 Å². The van der Waals surface area contributed by atoms with Crippen LogP contribution in [0.3, 0.4) is 0 Å². The molecule has 1 amide bonds. The van der Waals surface area contributed by atoms with Crippen LogP contribution in [-0.4, -0.2) is 44.7 Å². The lowest BCUT2D eigenvalue weighted by atomic mass is 10.2. The fourth-order valence-corrected chi connectivity index (χ4v) is 3.07. The number of rotatable bonds is 8. The Bertz CT molecular complexity index is 754. The van der Waals surface area contributed by atoms with Gasteiger partial charge in [-0.25, -0.2) is 0 Å². The Morgan fingerprint density at radius 2 is 1.67 bits per heavy atom. The fourth-order valence-electron chi connectivity index (χ4n) is 3.07. The second-order valence-electron chi connectivity index (χ2n) is 6.64. The number of amides is 1. The highest BCUT2D eigenvalue weighted by atomic mass is 16.5. The van der Waals surface area contributed by atoms with Crippen molar-refractivity contribution in [2.45, 2.75) is 25.6 Å². The maximum absolute atomic E-state index is 11.9. The molecule has 1 aliphatic rings. The lowest BCUT2D eigenvalue weighted by Crippen LogP contribution is -2.36. The third-order valence-corrected chi connectivity index (χ3v) is 4.72. The Labute approximate surface area is 160 Å². The number of ether oxygens (including phenoxy) is 3. The first-order valence-corrected chi connectivity index (χ1v) is 9.01. The molecule has 0 aliphatic carbocycles. The van der Waals surface area contributed by atoms with Gasteiger partial charge in [-0.3, -0.25) is 4.79 Å². The van der Waals surface area contributed by atoms with Crippen molar-refractivity contribution >= 4 is 5.91 Å². The second-order valence-corrected chi connectivity index (χ2v) is 6.64. The zero-order valence-corrected chi connectivity index (χ0v) is 16.0. The van der Waals surface area contributed by atoms with Crippen LogP contribution in [0.5, 0.6) is 17.2 Å². The molecule has 0 bridgehead atoms. The number of hydrogen-bond donors (Lipinski definition) is 1. The summed E-state index contributed by atoms with van der Waals surface area (Å²) < 4.78 is 16.4. The van der Waals surface area contributed by atoms with E-state index in [2.05, 4.69) is 5.32 Å². The van der Waals surface area contributed by atoms with Crippen molar-refractivity contribution in [3.05, 3.63) is 53.6 Å². The molecule has 2 aromatic rings. The number of likely N-dealkylation sites (N-methyl/N-ethyl adjacent to an activating group) is 1. The summed E-state index contributed by atoms with van der Waals surface area (Å²) in [6.45, 7) is 1.91. The molecule has 1 unspecified atom stereocenters. The first-order valence-electron chi connectivity index (χ1n) is 9.01. The van der Waals surface area contributed by atoms with Gasteiger partial charge < -0.3 is 24.4 Å². The highest BCUT2D eigenvalue weighted by Crippen LogP contribution is 2.24. The number of carbonyl (C=O) groups is 1. The third kappa shape index (κ3) is 4.92. The van der Waals surface area contributed by atoms with Gasteiger partial charge in [0.1, 0.15) is 23.9 Å². The van der Waals surface area contributed by atoms with Crippen LogP contribution in [0.4, 0.5) is 0 Å². The maximum Gasteiger partial charge on any atom is 0.239 e. The van der Waals surface area contributed by atoms with Gasteiger partial charge in [0.2, 0.25) is 5.91 Å². The lowest BCUT2D eigenvalue weighted by molar-refractivity contribution is -0.128. The van der Waals surface area contributed by atoms with Crippen LogP contribution in [0.15, 0.2) is 42.5 Å². The highest BCUT2D eigenvalue weighted by molar-refractivity contribution is 5.83. The smallest absolute Gasteiger partial charge is 0.239 e. The van der Waals surface area contributed by atoms with Crippen molar-refractivity contribution in [2.24, 2.45) is 0 Å². The fraction of sp³-hybridized carbons (Fsp3) is 0.381. The zero-order chi connectivity index (χ0) is 19.2. The monoisotopic (exact) mass is 370 g/mol. The van der Waals surface area contributed by atoms with Crippen molar-refractivity contribution in [2.75, 3.05) is 27.8 Å². The van der Waals surface area contributed by atoms with Crippen LogP contribution in [0.25, 0.3) is 0 Å². The molecule has 1 N–H and O–H groups in total. The summed E-state index contributed by atoms with van der Waals surface area (Å²) in [7, 11) is 5.10. The molecule has 0 aromatic heterocycles. The summed E-state index contributed by atoms with van der Waals surface area (Å²) in [4.78, 5) is 13.7. The van der Waals surface area contributed by atoms with Crippen molar-refractivity contribution in [1.82, 2.24) is 10.2 Å². The summed E-state index contributed by atoms with van der Waals surface area (Å²) in [6.07, 6.45) is 0.862. The summed E-state index contributed by atoms with van der Waals surface area (Å²) in [6, 6.07) is 13.5. The summed E-state index contributed by atoms with van der Waals surface area (Å²) in [5.74, 6) is 2.43. The van der Waals surface area contributed by atoms with Gasteiger partial charge >= 0.3 is 0 Å². The number of nitrogens with zero attached hydrogens (tertiary/aromatic N) is 1. The molecule has 1 fully saturated rings.